The summed E-state index contributed by atoms with van der Waals surface area (Å²) < 4.78 is 1.15. The predicted octanol–water partition coefficient (Wildman–Crippen LogP) is 1.39. The first-order valence-electron chi connectivity index (χ1n) is 5.18. The second kappa shape index (κ2) is 4.24. The molecule has 0 aromatic heterocycles. The number of aliphatic hydroxyl groups is 1. The molecule has 72 valence electrons. The summed E-state index contributed by atoms with van der Waals surface area (Å²) in [6.45, 7) is 8.41. The molecule has 0 bridgehead atoms. The third kappa shape index (κ3) is 1.99. The summed E-state index contributed by atoms with van der Waals surface area (Å²) >= 11 is 0. The summed E-state index contributed by atoms with van der Waals surface area (Å²) in [5.41, 5.74) is 0. The van der Waals surface area contributed by atoms with Crippen LogP contribution in [0.4, 0.5) is 0 Å². The number of hydrogen-bond acceptors (Lipinski definition) is 1. The Morgan fingerprint density at radius 3 is 2.17 bits per heavy atom. The molecule has 12 heavy (non-hydrogen) atoms. The molecule has 0 atom stereocenters. The lowest BCUT2D eigenvalue weighted by Crippen LogP contribution is -2.57. The van der Waals surface area contributed by atoms with E-state index in [2.05, 4.69) is 13.8 Å². The second-order valence-electron chi connectivity index (χ2n) is 4.27. The zero-order valence-corrected chi connectivity index (χ0v) is 8.42. The van der Waals surface area contributed by atoms with Gasteiger partial charge in [0.05, 0.1) is 25.7 Å². The Kier molecular flexibility index (Phi) is 3.53. The van der Waals surface area contributed by atoms with Crippen LogP contribution in [-0.2, 0) is 0 Å². The van der Waals surface area contributed by atoms with Gasteiger partial charge in [0.2, 0.25) is 0 Å². The van der Waals surface area contributed by atoms with E-state index >= 15 is 0 Å². The summed E-state index contributed by atoms with van der Waals surface area (Å²) in [4.78, 5) is 0. The molecule has 1 rings (SSSR count). The first-order valence-corrected chi connectivity index (χ1v) is 5.18. The molecule has 1 saturated heterocycles. The molecule has 2 heteroatoms. The SMILES string of the molecule is CC(C)[N+]1(CCO)CCCCC1. The molecule has 1 aliphatic rings. The van der Waals surface area contributed by atoms with Crippen LogP contribution in [0.1, 0.15) is 33.1 Å². The fourth-order valence-electron chi connectivity index (χ4n) is 2.34. The largest absolute Gasteiger partial charge is 0.391 e. The van der Waals surface area contributed by atoms with Gasteiger partial charge in [-0.05, 0) is 33.1 Å². The molecule has 0 spiro atoms. The number of hydrogen-bond donors (Lipinski definition) is 1. The van der Waals surface area contributed by atoms with Crippen molar-refractivity contribution in [3.8, 4) is 0 Å². The smallest absolute Gasteiger partial charge is 0.102 e. The fraction of sp³-hybridized carbons (Fsp3) is 1.00. The molecule has 1 heterocycles. The quantitative estimate of drug-likeness (QED) is 0.638. The number of aliphatic hydroxyl groups excluding tert-OH is 1. The van der Waals surface area contributed by atoms with Crippen molar-refractivity contribution >= 4 is 0 Å². The summed E-state index contributed by atoms with van der Waals surface area (Å²) in [6.07, 6.45) is 4.08. The van der Waals surface area contributed by atoms with Crippen molar-refractivity contribution in [3.05, 3.63) is 0 Å². The summed E-state index contributed by atoms with van der Waals surface area (Å²) in [5, 5.41) is 9.02. The molecule has 1 N–H and O–H groups in total. The lowest BCUT2D eigenvalue weighted by molar-refractivity contribution is -0.952. The van der Waals surface area contributed by atoms with Crippen molar-refractivity contribution in [2.24, 2.45) is 0 Å². The van der Waals surface area contributed by atoms with Crippen LogP contribution in [0.3, 0.4) is 0 Å². The monoisotopic (exact) mass is 172 g/mol. The maximum Gasteiger partial charge on any atom is 0.102 e. The lowest BCUT2D eigenvalue weighted by atomic mass is 10.0. The van der Waals surface area contributed by atoms with Crippen molar-refractivity contribution in [1.82, 2.24) is 0 Å². The Bertz CT molecular complexity index is 122. The Morgan fingerprint density at radius 2 is 1.75 bits per heavy atom. The highest BCUT2D eigenvalue weighted by atomic mass is 16.3. The minimum absolute atomic E-state index is 0.345. The van der Waals surface area contributed by atoms with Crippen LogP contribution in [0.2, 0.25) is 0 Å². The van der Waals surface area contributed by atoms with Gasteiger partial charge >= 0.3 is 0 Å². The number of likely N-dealkylation sites (tertiary alicyclic amines) is 1. The molecule has 0 aromatic carbocycles. The van der Waals surface area contributed by atoms with Crippen LogP contribution in [0.25, 0.3) is 0 Å². The highest BCUT2D eigenvalue weighted by Gasteiger charge is 2.32. The van der Waals surface area contributed by atoms with Gasteiger partial charge in [-0.3, -0.25) is 0 Å². The van der Waals surface area contributed by atoms with E-state index in [0.717, 1.165) is 11.0 Å². The van der Waals surface area contributed by atoms with E-state index < -0.39 is 0 Å². The Hall–Kier alpha value is -0.0800. The second-order valence-corrected chi connectivity index (χ2v) is 4.27. The number of piperidine rings is 1. The number of quaternary nitrogens is 1. The molecule has 1 aliphatic heterocycles. The van der Waals surface area contributed by atoms with Gasteiger partial charge in [-0.1, -0.05) is 0 Å². The maximum atomic E-state index is 9.02. The average molecular weight is 172 g/mol. The average Bonchev–Trinajstić information content (AvgIpc) is 2.06. The first kappa shape index (κ1) is 10.0. The third-order valence-corrected chi connectivity index (χ3v) is 3.35. The van der Waals surface area contributed by atoms with Crippen molar-refractivity contribution in [2.45, 2.75) is 39.2 Å². The number of nitrogens with zero attached hydrogens (tertiary/aromatic N) is 1. The van der Waals surface area contributed by atoms with Crippen molar-refractivity contribution < 1.29 is 9.59 Å². The predicted molar refractivity (Wildman–Crippen MR) is 50.9 cm³/mol. The van der Waals surface area contributed by atoms with Crippen LogP contribution in [0, 0.1) is 0 Å². The molecule has 0 amide bonds. The molecule has 0 unspecified atom stereocenters. The van der Waals surface area contributed by atoms with E-state index in [4.69, 9.17) is 5.11 Å². The maximum absolute atomic E-state index is 9.02. The van der Waals surface area contributed by atoms with Gasteiger partial charge in [0.1, 0.15) is 6.54 Å². The van der Waals surface area contributed by atoms with Gasteiger partial charge in [0.25, 0.3) is 0 Å². The molecular weight excluding hydrogens is 150 g/mol. The third-order valence-electron chi connectivity index (χ3n) is 3.35. The molecular formula is C10H22NO+. The highest BCUT2D eigenvalue weighted by Crippen LogP contribution is 2.22. The summed E-state index contributed by atoms with van der Waals surface area (Å²) in [5.74, 6) is 0. The van der Waals surface area contributed by atoms with Crippen LogP contribution < -0.4 is 0 Å². The summed E-state index contributed by atoms with van der Waals surface area (Å²) in [7, 11) is 0. The Labute approximate surface area is 75.8 Å². The molecule has 0 aromatic rings. The minimum Gasteiger partial charge on any atom is -0.391 e. The normalized spacial score (nSPS) is 23.0. The topological polar surface area (TPSA) is 20.2 Å². The minimum atomic E-state index is 0.345. The fourth-order valence-corrected chi connectivity index (χ4v) is 2.34. The molecule has 1 fully saturated rings. The van der Waals surface area contributed by atoms with E-state index in [1.54, 1.807) is 0 Å². The highest BCUT2D eigenvalue weighted by molar-refractivity contribution is 4.57. The first-order chi connectivity index (χ1) is 5.71. The van der Waals surface area contributed by atoms with Crippen molar-refractivity contribution in [1.29, 1.82) is 0 Å². The number of rotatable bonds is 3. The van der Waals surface area contributed by atoms with Crippen LogP contribution >= 0.6 is 0 Å². The van der Waals surface area contributed by atoms with Gasteiger partial charge < -0.3 is 9.59 Å². The standard InChI is InChI=1S/C10H22NO/c1-10(2)11(8-9-12)6-4-3-5-7-11/h10,12H,3-9H2,1-2H3/q+1. The lowest BCUT2D eigenvalue weighted by Gasteiger charge is -2.44. The molecule has 2 nitrogen and oxygen atoms in total. The van der Waals surface area contributed by atoms with Crippen LogP contribution in [-0.4, -0.2) is 41.9 Å². The van der Waals surface area contributed by atoms with Gasteiger partial charge in [-0.2, -0.15) is 0 Å². The molecule has 0 radical (unpaired) electrons. The van der Waals surface area contributed by atoms with Gasteiger partial charge in [0, 0.05) is 0 Å². The Balaban J connectivity index is 2.56. The van der Waals surface area contributed by atoms with Gasteiger partial charge in [0.15, 0.2) is 0 Å². The van der Waals surface area contributed by atoms with Gasteiger partial charge in [-0.25, -0.2) is 0 Å². The van der Waals surface area contributed by atoms with Crippen molar-refractivity contribution in [2.75, 3.05) is 26.2 Å². The van der Waals surface area contributed by atoms with E-state index in [1.807, 2.05) is 0 Å². The van der Waals surface area contributed by atoms with Gasteiger partial charge in [-0.15, -0.1) is 0 Å². The van der Waals surface area contributed by atoms with Crippen molar-refractivity contribution in [3.63, 3.8) is 0 Å². The molecule has 0 saturated carbocycles. The Morgan fingerprint density at radius 1 is 1.17 bits per heavy atom. The van der Waals surface area contributed by atoms with E-state index in [9.17, 15) is 0 Å². The van der Waals surface area contributed by atoms with Crippen LogP contribution in [0.15, 0.2) is 0 Å². The molecule has 0 aliphatic carbocycles. The van der Waals surface area contributed by atoms with Crippen LogP contribution in [0.5, 0.6) is 0 Å². The van der Waals surface area contributed by atoms with E-state index in [0.29, 0.717) is 12.6 Å². The summed E-state index contributed by atoms with van der Waals surface area (Å²) in [6, 6.07) is 0.678. The zero-order chi connectivity index (χ0) is 9.03. The zero-order valence-electron chi connectivity index (χ0n) is 8.42. The van der Waals surface area contributed by atoms with E-state index in [1.165, 1.54) is 32.4 Å². The van der Waals surface area contributed by atoms with E-state index in [-0.39, 0.29) is 0 Å².